The number of aliphatic hydroxyl groups is 1. The molecule has 0 saturated heterocycles. The normalized spacial score (nSPS) is 10.8. The molecule has 5 heteroatoms. The highest BCUT2D eigenvalue weighted by Crippen LogP contribution is 2.14. The number of carboxylic acid groups (broad SMARTS) is 1. The molecule has 94 valence electrons. The molecule has 0 fully saturated rings. The third kappa shape index (κ3) is 2.00. The van der Waals surface area contributed by atoms with E-state index in [9.17, 15) is 9.59 Å². The average Bonchev–Trinajstić information content (AvgIpc) is 2.32. The Morgan fingerprint density at radius 2 is 2.11 bits per heavy atom. The number of aliphatic hydroxyl groups excluding tert-OH is 1. The van der Waals surface area contributed by atoms with Gasteiger partial charge in [0.2, 0.25) is 5.43 Å². The van der Waals surface area contributed by atoms with Crippen molar-refractivity contribution in [2.24, 2.45) is 0 Å². The number of hydrogen-bond acceptors (Lipinski definition) is 3. The molecule has 0 spiro atoms. The largest absolute Gasteiger partial charge is 0.477 e. The standard InChI is InChI=1S/C13H13NO4/c1-8-2-3-9-11(6-8)14(4-5-15)7-10(12(9)16)13(17)18/h2-3,6-7,15H,4-5H2,1H3,(H,17,18). The fraction of sp³-hybridized carbons (Fsp3) is 0.231. The molecular weight excluding hydrogens is 234 g/mol. The zero-order chi connectivity index (χ0) is 13.3. The van der Waals surface area contributed by atoms with E-state index in [0.717, 1.165) is 5.56 Å². The second-order valence-corrected chi connectivity index (χ2v) is 4.11. The number of pyridine rings is 1. The summed E-state index contributed by atoms with van der Waals surface area (Å²) in [6, 6.07) is 5.18. The van der Waals surface area contributed by atoms with Gasteiger partial charge in [0.25, 0.3) is 0 Å². The van der Waals surface area contributed by atoms with Crippen molar-refractivity contribution in [1.29, 1.82) is 0 Å². The Morgan fingerprint density at radius 3 is 2.72 bits per heavy atom. The summed E-state index contributed by atoms with van der Waals surface area (Å²) in [5, 5.41) is 18.4. The van der Waals surface area contributed by atoms with E-state index in [1.165, 1.54) is 6.20 Å². The Balaban J connectivity index is 2.87. The van der Waals surface area contributed by atoms with Crippen molar-refractivity contribution in [1.82, 2.24) is 4.57 Å². The van der Waals surface area contributed by atoms with Crippen LogP contribution in [0.2, 0.25) is 0 Å². The molecule has 1 aromatic heterocycles. The third-order valence-corrected chi connectivity index (χ3v) is 2.81. The predicted octanol–water partition coefficient (Wildman–Crippen LogP) is 1.00. The smallest absolute Gasteiger partial charge is 0.341 e. The van der Waals surface area contributed by atoms with Gasteiger partial charge in [-0.25, -0.2) is 4.79 Å². The minimum absolute atomic E-state index is 0.120. The first kappa shape index (κ1) is 12.3. The van der Waals surface area contributed by atoms with Gasteiger partial charge in [0.05, 0.1) is 12.1 Å². The first-order chi connectivity index (χ1) is 8.54. The SMILES string of the molecule is Cc1ccc2c(=O)c(C(=O)O)cn(CCO)c2c1. The maximum atomic E-state index is 12.0. The van der Waals surface area contributed by atoms with Crippen molar-refractivity contribution in [3.05, 3.63) is 45.7 Å². The van der Waals surface area contributed by atoms with E-state index in [1.54, 1.807) is 22.8 Å². The number of carbonyl (C=O) groups is 1. The molecule has 2 aromatic rings. The van der Waals surface area contributed by atoms with Gasteiger partial charge in [0.15, 0.2) is 0 Å². The van der Waals surface area contributed by atoms with Crippen LogP contribution in [-0.2, 0) is 6.54 Å². The van der Waals surface area contributed by atoms with Gasteiger partial charge in [-0.05, 0) is 24.6 Å². The van der Waals surface area contributed by atoms with Crippen LogP contribution in [0.15, 0.2) is 29.2 Å². The lowest BCUT2D eigenvalue weighted by atomic mass is 10.1. The quantitative estimate of drug-likeness (QED) is 0.848. The summed E-state index contributed by atoms with van der Waals surface area (Å²) >= 11 is 0. The van der Waals surface area contributed by atoms with Crippen LogP contribution in [0.1, 0.15) is 15.9 Å². The molecule has 0 amide bonds. The van der Waals surface area contributed by atoms with Crippen LogP contribution in [0.4, 0.5) is 0 Å². The number of aryl methyl sites for hydroxylation is 1. The fourth-order valence-electron chi connectivity index (χ4n) is 1.95. The Hall–Kier alpha value is -2.14. The first-order valence-electron chi connectivity index (χ1n) is 5.52. The van der Waals surface area contributed by atoms with Crippen molar-refractivity contribution in [2.75, 3.05) is 6.61 Å². The van der Waals surface area contributed by atoms with E-state index in [0.29, 0.717) is 10.9 Å². The topological polar surface area (TPSA) is 79.5 Å². The maximum absolute atomic E-state index is 12.0. The number of carboxylic acids is 1. The summed E-state index contributed by atoms with van der Waals surface area (Å²) in [4.78, 5) is 23.0. The number of rotatable bonds is 3. The molecule has 2 N–H and O–H groups in total. The molecule has 5 nitrogen and oxygen atoms in total. The van der Waals surface area contributed by atoms with Crippen LogP contribution in [0.25, 0.3) is 10.9 Å². The minimum Gasteiger partial charge on any atom is -0.477 e. The highest BCUT2D eigenvalue weighted by Gasteiger charge is 2.14. The predicted molar refractivity (Wildman–Crippen MR) is 67.0 cm³/mol. The monoisotopic (exact) mass is 247 g/mol. The average molecular weight is 247 g/mol. The van der Waals surface area contributed by atoms with Crippen LogP contribution in [-0.4, -0.2) is 27.4 Å². The number of hydrogen-bond donors (Lipinski definition) is 2. The third-order valence-electron chi connectivity index (χ3n) is 2.81. The van der Waals surface area contributed by atoms with E-state index in [1.807, 2.05) is 6.92 Å². The zero-order valence-electron chi connectivity index (χ0n) is 9.88. The maximum Gasteiger partial charge on any atom is 0.341 e. The molecule has 0 aliphatic heterocycles. The summed E-state index contributed by atoms with van der Waals surface area (Å²) in [6.07, 6.45) is 1.28. The molecule has 18 heavy (non-hydrogen) atoms. The van der Waals surface area contributed by atoms with Gasteiger partial charge in [-0.3, -0.25) is 4.79 Å². The lowest BCUT2D eigenvalue weighted by Crippen LogP contribution is -2.19. The number of fused-ring (bicyclic) bond motifs is 1. The second-order valence-electron chi connectivity index (χ2n) is 4.11. The molecule has 1 aromatic carbocycles. The molecule has 0 radical (unpaired) electrons. The van der Waals surface area contributed by atoms with Gasteiger partial charge in [0.1, 0.15) is 5.56 Å². The summed E-state index contributed by atoms with van der Waals surface area (Å²) < 4.78 is 1.59. The van der Waals surface area contributed by atoms with Crippen molar-refractivity contribution in [3.8, 4) is 0 Å². The van der Waals surface area contributed by atoms with E-state index in [4.69, 9.17) is 10.2 Å². The minimum atomic E-state index is -1.26. The van der Waals surface area contributed by atoms with Crippen molar-refractivity contribution >= 4 is 16.9 Å². The van der Waals surface area contributed by atoms with Crippen molar-refractivity contribution in [3.63, 3.8) is 0 Å². The highest BCUT2D eigenvalue weighted by atomic mass is 16.4. The molecule has 1 heterocycles. The van der Waals surface area contributed by atoms with Crippen molar-refractivity contribution in [2.45, 2.75) is 13.5 Å². The summed E-state index contributed by atoms with van der Waals surface area (Å²) in [6.45, 7) is 2.02. The Labute approximate surface area is 103 Å². The number of benzene rings is 1. The summed E-state index contributed by atoms with van der Waals surface area (Å²) in [5.74, 6) is -1.26. The Bertz CT molecular complexity index is 672. The molecule has 0 aliphatic rings. The van der Waals surface area contributed by atoms with Gasteiger partial charge in [-0.15, -0.1) is 0 Å². The zero-order valence-corrected chi connectivity index (χ0v) is 9.88. The van der Waals surface area contributed by atoms with Gasteiger partial charge in [0, 0.05) is 18.1 Å². The van der Waals surface area contributed by atoms with Gasteiger partial charge < -0.3 is 14.8 Å². The molecule has 0 saturated carbocycles. The lowest BCUT2D eigenvalue weighted by Gasteiger charge is -2.11. The summed E-state index contributed by atoms with van der Waals surface area (Å²) in [7, 11) is 0. The summed E-state index contributed by atoms with van der Waals surface area (Å²) in [5.41, 5.74) is 0.835. The molecule has 0 atom stereocenters. The Morgan fingerprint density at radius 1 is 1.39 bits per heavy atom. The van der Waals surface area contributed by atoms with Gasteiger partial charge in [-0.1, -0.05) is 6.07 Å². The van der Waals surface area contributed by atoms with Crippen LogP contribution >= 0.6 is 0 Å². The van der Waals surface area contributed by atoms with Gasteiger partial charge >= 0.3 is 5.97 Å². The second kappa shape index (κ2) is 4.62. The van der Waals surface area contributed by atoms with Crippen LogP contribution in [0.3, 0.4) is 0 Å². The van der Waals surface area contributed by atoms with Crippen LogP contribution in [0, 0.1) is 6.92 Å². The van der Waals surface area contributed by atoms with Gasteiger partial charge in [-0.2, -0.15) is 0 Å². The molecule has 0 unspecified atom stereocenters. The van der Waals surface area contributed by atoms with E-state index >= 15 is 0 Å². The number of nitrogens with zero attached hydrogens (tertiary/aromatic N) is 1. The van der Waals surface area contributed by atoms with E-state index in [-0.39, 0.29) is 18.7 Å². The van der Waals surface area contributed by atoms with Crippen LogP contribution < -0.4 is 5.43 Å². The van der Waals surface area contributed by atoms with Crippen LogP contribution in [0.5, 0.6) is 0 Å². The fourth-order valence-corrected chi connectivity index (χ4v) is 1.95. The number of aromatic carboxylic acids is 1. The highest BCUT2D eigenvalue weighted by molar-refractivity contribution is 5.92. The van der Waals surface area contributed by atoms with Crippen molar-refractivity contribution < 1.29 is 15.0 Å². The van der Waals surface area contributed by atoms with E-state index < -0.39 is 11.4 Å². The molecular formula is C13H13NO4. The first-order valence-corrected chi connectivity index (χ1v) is 5.52. The molecule has 0 bridgehead atoms. The molecule has 0 aliphatic carbocycles. The lowest BCUT2D eigenvalue weighted by molar-refractivity contribution is 0.0694. The van der Waals surface area contributed by atoms with E-state index in [2.05, 4.69) is 0 Å². The number of aromatic nitrogens is 1. The Kier molecular flexibility index (Phi) is 3.16. The molecule has 2 rings (SSSR count).